The highest BCUT2D eigenvalue weighted by Gasteiger charge is 2.28. The van der Waals surface area contributed by atoms with Gasteiger partial charge in [-0.25, -0.2) is 8.42 Å². The van der Waals surface area contributed by atoms with E-state index in [1.54, 1.807) is 12.4 Å². The minimum atomic E-state index is -2.98. The second-order valence-electron chi connectivity index (χ2n) is 4.47. The van der Waals surface area contributed by atoms with Crippen LogP contribution in [0.15, 0.2) is 18.5 Å². The van der Waals surface area contributed by atoms with Crippen LogP contribution in [0.25, 0.3) is 0 Å². The third-order valence-electron chi connectivity index (χ3n) is 3.15. The number of sulfone groups is 1. The molecule has 1 unspecified atom stereocenters. The minimum Gasteiger partial charge on any atom is -0.396 e. The summed E-state index contributed by atoms with van der Waals surface area (Å²) in [6.07, 6.45) is 6.19. The van der Waals surface area contributed by atoms with Crippen molar-refractivity contribution in [1.82, 2.24) is 4.98 Å². The summed E-state index contributed by atoms with van der Waals surface area (Å²) in [5.41, 5.74) is 7.33. The Morgan fingerprint density at radius 3 is 2.94 bits per heavy atom. The molecule has 94 valence electrons. The maximum absolute atomic E-state index is 11.6. The first-order valence-corrected chi connectivity index (χ1v) is 7.57. The van der Waals surface area contributed by atoms with Crippen molar-refractivity contribution in [3.63, 3.8) is 0 Å². The van der Waals surface area contributed by atoms with Gasteiger partial charge in [0.15, 0.2) is 9.84 Å². The van der Waals surface area contributed by atoms with Gasteiger partial charge in [0.2, 0.25) is 0 Å². The van der Waals surface area contributed by atoms with Crippen molar-refractivity contribution in [3.05, 3.63) is 18.5 Å². The Hall–Kier alpha value is -1.30. The maximum atomic E-state index is 11.6. The van der Waals surface area contributed by atoms with Gasteiger partial charge >= 0.3 is 0 Å². The molecule has 17 heavy (non-hydrogen) atoms. The molecule has 1 saturated heterocycles. The lowest BCUT2D eigenvalue weighted by Gasteiger charge is -2.34. The van der Waals surface area contributed by atoms with E-state index in [2.05, 4.69) is 4.98 Å². The molecule has 1 aromatic heterocycles. The Bertz CT molecular complexity index is 501. The average Bonchev–Trinajstić information content (AvgIpc) is 2.29. The number of nitrogen functional groups attached to an aromatic ring is 1. The fraction of sp³-hybridized carbons (Fsp3) is 0.545. The van der Waals surface area contributed by atoms with Crippen molar-refractivity contribution in [1.29, 1.82) is 0 Å². The van der Waals surface area contributed by atoms with Gasteiger partial charge < -0.3 is 10.6 Å². The van der Waals surface area contributed by atoms with E-state index < -0.39 is 9.84 Å². The number of aromatic nitrogens is 1. The summed E-state index contributed by atoms with van der Waals surface area (Å²) < 4.78 is 23.2. The van der Waals surface area contributed by atoms with Gasteiger partial charge in [0.1, 0.15) is 0 Å². The summed E-state index contributed by atoms with van der Waals surface area (Å²) in [6, 6.07) is 1.83. The van der Waals surface area contributed by atoms with Gasteiger partial charge in [-0.05, 0) is 18.9 Å². The van der Waals surface area contributed by atoms with Gasteiger partial charge in [0.25, 0.3) is 0 Å². The number of hydrogen-bond acceptors (Lipinski definition) is 5. The molecule has 1 aliphatic rings. The van der Waals surface area contributed by atoms with Crippen LogP contribution in [0, 0.1) is 0 Å². The van der Waals surface area contributed by atoms with Crippen molar-refractivity contribution < 1.29 is 8.42 Å². The van der Waals surface area contributed by atoms with E-state index in [-0.39, 0.29) is 5.25 Å². The Labute approximate surface area is 102 Å². The van der Waals surface area contributed by atoms with Gasteiger partial charge in [0.05, 0.1) is 22.8 Å². The second kappa shape index (κ2) is 4.52. The number of pyridine rings is 1. The van der Waals surface area contributed by atoms with Crippen molar-refractivity contribution in [2.45, 2.75) is 18.1 Å². The number of nitrogens with zero attached hydrogens (tertiary/aromatic N) is 2. The normalized spacial score (nSPS) is 21.5. The Kier molecular flexibility index (Phi) is 3.24. The van der Waals surface area contributed by atoms with Gasteiger partial charge in [0, 0.05) is 25.5 Å². The minimum absolute atomic E-state index is 0.288. The summed E-state index contributed by atoms with van der Waals surface area (Å²) in [6.45, 7) is 1.37. The highest BCUT2D eigenvalue weighted by atomic mass is 32.2. The van der Waals surface area contributed by atoms with E-state index in [1.807, 2.05) is 11.0 Å². The molecule has 1 aromatic rings. The summed E-state index contributed by atoms with van der Waals surface area (Å²) in [5, 5.41) is -0.288. The molecule has 0 radical (unpaired) electrons. The SMILES string of the molecule is CS(=O)(=O)C1CCCN(c2ccncc2N)C1. The van der Waals surface area contributed by atoms with Crippen molar-refractivity contribution in [2.75, 3.05) is 30.0 Å². The molecule has 1 fully saturated rings. The molecular formula is C11H17N3O2S. The van der Waals surface area contributed by atoms with Crippen molar-refractivity contribution in [2.24, 2.45) is 0 Å². The molecule has 5 nitrogen and oxygen atoms in total. The highest BCUT2D eigenvalue weighted by Crippen LogP contribution is 2.26. The van der Waals surface area contributed by atoms with Gasteiger partial charge in [-0.1, -0.05) is 0 Å². The van der Waals surface area contributed by atoms with Crippen LogP contribution in [-0.4, -0.2) is 38.0 Å². The summed E-state index contributed by atoms with van der Waals surface area (Å²) >= 11 is 0. The van der Waals surface area contributed by atoms with Crippen LogP contribution in [0.2, 0.25) is 0 Å². The number of hydrogen-bond donors (Lipinski definition) is 1. The lowest BCUT2D eigenvalue weighted by atomic mass is 10.1. The molecule has 0 bridgehead atoms. The highest BCUT2D eigenvalue weighted by molar-refractivity contribution is 7.91. The summed E-state index contributed by atoms with van der Waals surface area (Å²) in [7, 11) is -2.98. The molecule has 0 saturated carbocycles. The zero-order chi connectivity index (χ0) is 12.5. The molecule has 2 N–H and O–H groups in total. The maximum Gasteiger partial charge on any atom is 0.152 e. The van der Waals surface area contributed by atoms with Crippen LogP contribution in [0.5, 0.6) is 0 Å². The third-order valence-corrected chi connectivity index (χ3v) is 4.75. The summed E-state index contributed by atoms with van der Waals surface area (Å²) in [4.78, 5) is 5.97. The largest absolute Gasteiger partial charge is 0.396 e. The van der Waals surface area contributed by atoms with Crippen LogP contribution in [0.3, 0.4) is 0 Å². The van der Waals surface area contributed by atoms with Gasteiger partial charge in [-0.2, -0.15) is 0 Å². The van der Waals surface area contributed by atoms with Gasteiger partial charge in [-0.15, -0.1) is 0 Å². The van der Waals surface area contributed by atoms with Crippen LogP contribution in [0.1, 0.15) is 12.8 Å². The van der Waals surface area contributed by atoms with Crippen LogP contribution in [0.4, 0.5) is 11.4 Å². The molecule has 0 spiro atoms. The number of piperidine rings is 1. The monoisotopic (exact) mass is 255 g/mol. The molecule has 1 atom stereocenters. The first kappa shape index (κ1) is 12.2. The molecule has 0 aromatic carbocycles. The van der Waals surface area contributed by atoms with E-state index in [1.165, 1.54) is 6.26 Å². The number of anilines is 2. The smallest absolute Gasteiger partial charge is 0.152 e. The number of nitrogens with two attached hydrogens (primary N) is 1. The van der Waals surface area contributed by atoms with Crippen LogP contribution < -0.4 is 10.6 Å². The Morgan fingerprint density at radius 2 is 2.29 bits per heavy atom. The quantitative estimate of drug-likeness (QED) is 0.841. The Morgan fingerprint density at radius 1 is 1.53 bits per heavy atom. The van der Waals surface area contributed by atoms with Gasteiger partial charge in [-0.3, -0.25) is 4.98 Å². The standard InChI is InChI=1S/C11H17N3O2S/c1-17(15,16)9-3-2-6-14(8-9)11-4-5-13-7-10(11)12/h4-5,7,9H,2-3,6,8,12H2,1H3. The van der Waals surface area contributed by atoms with E-state index in [0.717, 1.165) is 25.1 Å². The predicted molar refractivity (Wildman–Crippen MR) is 68.7 cm³/mol. The fourth-order valence-electron chi connectivity index (χ4n) is 2.19. The van der Waals surface area contributed by atoms with E-state index >= 15 is 0 Å². The van der Waals surface area contributed by atoms with Crippen LogP contribution >= 0.6 is 0 Å². The predicted octanol–water partition coefficient (Wildman–Crippen LogP) is 0.677. The van der Waals surface area contributed by atoms with Crippen molar-refractivity contribution >= 4 is 21.2 Å². The fourth-order valence-corrected chi connectivity index (χ4v) is 3.24. The zero-order valence-electron chi connectivity index (χ0n) is 9.83. The first-order chi connectivity index (χ1) is 7.98. The average molecular weight is 255 g/mol. The van der Waals surface area contributed by atoms with E-state index in [4.69, 9.17) is 5.73 Å². The molecule has 6 heteroatoms. The topological polar surface area (TPSA) is 76.3 Å². The third kappa shape index (κ3) is 2.69. The first-order valence-electron chi connectivity index (χ1n) is 5.62. The zero-order valence-corrected chi connectivity index (χ0v) is 10.7. The number of rotatable bonds is 2. The molecule has 1 aliphatic heterocycles. The lowest BCUT2D eigenvalue weighted by molar-refractivity contribution is 0.536. The van der Waals surface area contributed by atoms with E-state index in [0.29, 0.717) is 12.2 Å². The molecule has 2 heterocycles. The molecule has 2 rings (SSSR count). The lowest BCUT2D eigenvalue weighted by Crippen LogP contribution is -2.42. The summed E-state index contributed by atoms with van der Waals surface area (Å²) in [5.74, 6) is 0. The van der Waals surface area contributed by atoms with Crippen LogP contribution in [-0.2, 0) is 9.84 Å². The van der Waals surface area contributed by atoms with E-state index in [9.17, 15) is 8.42 Å². The Balaban J connectivity index is 2.21. The second-order valence-corrected chi connectivity index (χ2v) is 6.80. The molecule has 0 aliphatic carbocycles. The molecular weight excluding hydrogens is 238 g/mol. The molecule has 0 amide bonds. The van der Waals surface area contributed by atoms with Crippen molar-refractivity contribution in [3.8, 4) is 0 Å².